The van der Waals surface area contributed by atoms with E-state index < -0.39 is 11.8 Å². The van der Waals surface area contributed by atoms with Crippen molar-refractivity contribution in [2.75, 3.05) is 35.0 Å². The van der Waals surface area contributed by atoms with Gasteiger partial charge in [0.2, 0.25) is 5.75 Å². The van der Waals surface area contributed by atoms with Crippen LogP contribution in [-0.4, -0.2) is 58.1 Å². The number of nitrogens with one attached hydrogen (secondary N) is 2. The maximum absolute atomic E-state index is 12.4. The van der Waals surface area contributed by atoms with Crippen molar-refractivity contribution in [2.45, 2.75) is 0 Å². The summed E-state index contributed by atoms with van der Waals surface area (Å²) in [6, 6.07) is 7.79. The number of amides is 2. The van der Waals surface area contributed by atoms with E-state index in [1.165, 1.54) is 46.8 Å². The third kappa shape index (κ3) is 5.31. The first kappa shape index (κ1) is 22.3. The normalized spacial score (nSPS) is 10.4. The van der Waals surface area contributed by atoms with E-state index in [9.17, 15) is 14.7 Å². The monoisotopic (exact) mass is 417 g/mol. The number of aromatic hydroxyl groups is 1. The maximum atomic E-state index is 12.4. The molecule has 0 fully saturated rings. The van der Waals surface area contributed by atoms with Gasteiger partial charge in [0.1, 0.15) is 0 Å². The van der Waals surface area contributed by atoms with Gasteiger partial charge in [0.25, 0.3) is 11.8 Å². The summed E-state index contributed by atoms with van der Waals surface area (Å²) in [6.45, 7) is -0.322. The zero-order valence-corrected chi connectivity index (χ0v) is 17.0. The Kier molecular flexibility index (Phi) is 7.86. The molecule has 10 heteroatoms. The Morgan fingerprint density at radius 3 is 2.20 bits per heavy atom. The molecule has 0 aliphatic carbocycles. The fourth-order valence-electron chi connectivity index (χ4n) is 2.50. The van der Waals surface area contributed by atoms with E-state index in [0.29, 0.717) is 22.8 Å². The predicted molar refractivity (Wildman–Crippen MR) is 109 cm³/mol. The van der Waals surface area contributed by atoms with Crippen LogP contribution in [0, 0.1) is 0 Å². The van der Waals surface area contributed by atoms with E-state index in [2.05, 4.69) is 15.8 Å². The van der Waals surface area contributed by atoms with Crippen LogP contribution in [0.25, 0.3) is 0 Å². The summed E-state index contributed by atoms with van der Waals surface area (Å²) >= 11 is 0. The average molecular weight is 417 g/mol. The van der Waals surface area contributed by atoms with Crippen LogP contribution in [0.4, 0.5) is 0 Å². The lowest BCUT2D eigenvalue weighted by molar-refractivity contribution is -0.120. The van der Waals surface area contributed by atoms with Crippen LogP contribution in [0.3, 0.4) is 0 Å². The zero-order valence-electron chi connectivity index (χ0n) is 17.0. The smallest absolute Gasteiger partial charge is 0.259 e. The number of hydrazone groups is 1. The minimum atomic E-state index is -0.561. The first-order valence-electron chi connectivity index (χ1n) is 8.71. The van der Waals surface area contributed by atoms with Crippen LogP contribution >= 0.6 is 0 Å². The Morgan fingerprint density at radius 2 is 1.63 bits per heavy atom. The molecular formula is C20H23N3O7. The van der Waals surface area contributed by atoms with Crippen molar-refractivity contribution in [3.05, 3.63) is 41.5 Å². The summed E-state index contributed by atoms with van der Waals surface area (Å²) in [5, 5.41) is 16.2. The quantitative estimate of drug-likeness (QED) is 0.415. The van der Waals surface area contributed by atoms with Gasteiger partial charge < -0.3 is 29.4 Å². The molecule has 0 spiro atoms. The van der Waals surface area contributed by atoms with Crippen molar-refractivity contribution in [3.63, 3.8) is 0 Å². The molecule has 0 saturated heterocycles. The predicted octanol–water partition coefficient (Wildman–Crippen LogP) is 1.31. The molecule has 0 atom stereocenters. The number of phenols is 1. The van der Waals surface area contributed by atoms with Crippen LogP contribution < -0.4 is 29.7 Å². The molecule has 3 N–H and O–H groups in total. The van der Waals surface area contributed by atoms with Crippen molar-refractivity contribution in [3.8, 4) is 28.7 Å². The molecule has 30 heavy (non-hydrogen) atoms. The van der Waals surface area contributed by atoms with Gasteiger partial charge in [-0.1, -0.05) is 6.07 Å². The fraction of sp³-hybridized carbons (Fsp3) is 0.250. The van der Waals surface area contributed by atoms with Gasteiger partial charge in [0.05, 0.1) is 41.2 Å². The highest BCUT2D eigenvalue weighted by atomic mass is 16.5. The highest BCUT2D eigenvalue weighted by Gasteiger charge is 2.17. The second kappa shape index (κ2) is 10.6. The lowest BCUT2D eigenvalue weighted by Gasteiger charge is -2.14. The number of hydrogen-bond donors (Lipinski definition) is 3. The summed E-state index contributed by atoms with van der Waals surface area (Å²) in [7, 11) is 5.75. The number of para-hydroxylation sites is 1. The van der Waals surface area contributed by atoms with Crippen LogP contribution in [0.5, 0.6) is 28.7 Å². The van der Waals surface area contributed by atoms with Gasteiger partial charge in [-0.2, -0.15) is 5.10 Å². The summed E-state index contributed by atoms with van der Waals surface area (Å²) < 4.78 is 20.6. The van der Waals surface area contributed by atoms with Crippen molar-refractivity contribution < 1.29 is 33.6 Å². The van der Waals surface area contributed by atoms with E-state index in [-0.39, 0.29) is 23.6 Å². The molecule has 0 saturated carbocycles. The number of benzene rings is 2. The summed E-state index contributed by atoms with van der Waals surface area (Å²) in [5.74, 6) is 0.0811. The second-order valence-corrected chi connectivity index (χ2v) is 5.79. The van der Waals surface area contributed by atoms with E-state index in [4.69, 9.17) is 18.9 Å². The first-order chi connectivity index (χ1) is 14.4. The summed E-state index contributed by atoms with van der Waals surface area (Å²) in [4.78, 5) is 24.3. The van der Waals surface area contributed by atoms with Crippen molar-refractivity contribution in [2.24, 2.45) is 5.10 Å². The van der Waals surface area contributed by atoms with E-state index in [0.717, 1.165) is 0 Å². The topological polar surface area (TPSA) is 128 Å². The Labute approximate surface area is 173 Å². The number of hydrogen-bond acceptors (Lipinski definition) is 8. The number of methoxy groups -OCH3 is 4. The zero-order chi connectivity index (χ0) is 22.1. The Bertz CT molecular complexity index is 919. The minimum absolute atomic E-state index is 0.103. The molecule has 0 bridgehead atoms. The van der Waals surface area contributed by atoms with Crippen molar-refractivity contribution >= 4 is 18.0 Å². The Morgan fingerprint density at radius 1 is 1.00 bits per heavy atom. The number of nitrogens with zero attached hydrogens (tertiary/aromatic N) is 1. The lowest BCUT2D eigenvalue weighted by Crippen LogP contribution is -2.34. The van der Waals surface area contributed by atoms with Crippen LogP contribution in [0.1, 0.15) is 15.9 Å². The minimum Gasteiger partial charge on any atom is -0.504 e. The second-order valence-electron chi connectivity index (χ2n) is 5.79. The third-order valence-corrected chi connectivity index (χ3v) is 3.98. The average Bonchev–Trinajstić information content (AvgIpc) is 2.77. The highest BCUT2D eigenvalue weighted by molar-refractivity contribution is 5.97. The summed E-state index contributed by atoms with van der Waals surface area (Å²) in [5.41, 5.74) is 2.84. The first-order valence-corrected chi connectivity index (χ1v) is 8.71. The van der Waals surface area contributed by atoms with Gasteiger partial charge in [-0.05, 0) is 24.3 Å². The fourth-order valence-corrected chi connectivity index (χ4v) is 2.50. The lowest BCUT2D eigenvalue weighted by atomic mass is 10.1. The molecule has 160 valence electrons. The number of ether oxygens (including phenoxy) is 4. The SMILES string of the molecule is COc1cccc(/C=N\NC(=O)CNC(=O)c2cc(OC)c(OC)c(OC)c2)c1O. The molecule has 0 aromatic heterocycles. The van der Waals surface area contributed by atoms with Crippen LogP contribution in [0.15, 0.2) is 35.4 Å². The number of rotatable bonds is 9. The van der Waals surface area contributed by atoms with E-state index >= 15 is 0 Å². The Hall–Kier alpha value is -3.95. The van der Waals surface area contributed by atoms with Gasteiger partial charge in [-0.3, -0.25) is 9.59 Å². The van der Waals surface area contributed by atoms with Crippen LogP contribution in [0.2, 0.25) is 0 Å². The molecule has 0 heterocycles. The van der Waals surface area contributed by atoms with E-state index in [1.54, 1.807) is 18.2 Å². The molecule has 2 amide bonds. The molecule has 0 radical (unpaired) electrons. The largest absolute Gasteiger partial charge is 0.504 e. The molecule has 2 aromatic rings. The Balaban J connectivity index is 1.97. The van der Waals surface area contributed by atoms with Gasteiger partial charge in [0, 0.05) is 11.1 Å². The molecule has 2 rings (SSSR count). The number of phenolic OH excluding ortho intramolecular Hbond substituents is 1. The molecule has 0 aliphatic heterocycles. The summed E-state index contributed by atoms with van der Waals surface area (Å²) in [6.07, 6.45) is 1.26. The van der Waals surface area contributed by atoms with Crippen molar-refractivity contribution in [1.29, 1.82) is 0 Å². The van der Waals surface area contributed by atoms with Crippen LogP contribution in [-0.2, 0) is 4.79 Å². The number of carbonyl (C=O) groups is 2. The third-order valence-electron chi connectivity index (χ3n) is 3.98. The van der Waals surface area contributed by atoms with Gasteiger partial charge >= 0.3 is 0 Å². The molecular weight excluding hydrogens is 394 g/mol. The van der Waals surface area contributed by atoms with E-state index in [1.807, 2.05) is 0 Å². The van der Waals surface area contributed by atoms with Gasteiger partial charge in [-0.25, -0.2) is 5.43 Å². The standard InChI is InChI=1S/C20H23N3O7/c1-27-14-7-5-6-12(18(14)25)10-22-23-17(24)11-21-20(26)13-8-15(28-2)19(30-4)16(9-13)29-3/h5-10,25H,11H2,1-4H3,(H,21,26)(H,23,24)/b22-10-. The molecule has 0 aliphatic rings. The van der Waals surface area contributed by atoms with Gasteiger partial charge in [0.15, 0.2) is 23.0 Å². The molecule has 2 aromatic carbocycles. The van der Waals surface area contributed by atoms with Crippen molar-refractivity contribution in [1.82, 2.24) is 10.7 Å². The maximum Gasteiger partial charge on any atom is 0.259 e. The molecule has 0 unspecified atom stereocenters. The highest BCUT2D eigenvalue weighted by Crippen LogP contribution is 2.38. The number of carbonyl (C=O) groups excluding carboxylic acids is 2. The molecule has 10 nitrogen and oxygen atoms in total. The van der Waals surface area contributed by atoms with Gasteiger partial charge in [-0.15, -0.1) is 0 Å².